The number of anilines is 2. The van der Waals surface area contributed by atoms with Crippen molar-refractivity contribution >= 4 is 46.3 Å². The smallest absolute Gasteiger partial charge is 0.224 e. The molecule has 0 aliphatic carbocycles. The second kappa shape index (κ2) is 14.7. The fourth-order valence-electron chi connectivity index (χ4n) is 3.94. The van der Waals surface area contributed by atoms with Crippen LogP contribution in [0.3, 0.4) is 0 Å². The van der Waals surface area contributed by atoms with Crippen LogP contribution >= 0.6 is 0 Å². The molecule has 2 rings (SSSR count). The van der Waals surface area contributed by atoms with Crippen LogP contribution in [0.4, 0.5) is 11.4 Å². The van der Waals surface area contributed by atoms with E-state index in [1.54, 1.807) is 24.3 Å². The molecule has 0 bridgehead atoms. The summed E-state index contributed by atoms with van der Waals surface area (Å²) in [7, 11) is 0. The van der Waals surface area contributed by atoms with E-state index in [0.29, 0.717) is 59.3 Å². The Kier molecular flexibility index (Phi) is 11.7. The van der Waals surface area contributed by atoms with Crippen LogP contribution in [-0.2, 0) is 9.59 Å². The highest BCUT2D eigenvalue weighted by Crippen LogP contribution is 2.19. The molecule has 0 atom stereocenters. The zero-order chi connectivity index (χ0) is 28.2. The number of carbonyl (C=O) groups excluding carboxylic acids is 6. The lowest BCUT2D eigenvalue weighted by Gasteiger charge is -2.09. The zero-order valence-electron chi connectivity index (χ0n) is 22.6. The van der Waals surface area contributed by atoms with Gasteiger partial charge in [-0.1, -0.05) is 25.7 Å². The Labute approximate surface area is 223 Å². The number of rotatable bonds is 15. The predicted molar refractivity (Wildman–Crippen MR) is 147 cm³/mol. The van der Waals surface area contributed by atoms with Gasteiger partial charge in [0, 0.05) is 46.5 Å². The number of hydrogen-bond acceptors (Lipinski definition) is 6. The maximum atomic E-state index is 12.3. The summed E-state index contributed by atoms with van der Waals surface area (Å²) in [5, 5.41) is 5.54. The van der Waals surface area contributed by atoms with Crippen molar-refractivity contribution in [3.63, 3.8) is 0 Å². The largest absolute Gasteiger partial charge is 0.326 e. The van der Waals surface area contributed by atoms with Gasteiger partial charge in [0.25, 0.3) is 0 Å². The maximum Gasteiger partial charge on any atom is 0.224 e. The predicted octanol–water partition coefficient (Wildman–Crippen LogP) is 6.20. The van der Waals surface area contributed by atoms with Crippen molar-refractivity contribution in [2.75, 3.05) is 10.6 Å². The molecule has 0 radical (unpaired) electrons. The monoisotopic (exact) mass is 520 g/mol. The van der Waals surface area contributed by atoms with Crippen molar-refractivity contribution in [3.05, 3.63) is 58.7 Å². The van der Waals surface area contributed by atoms with E-state index in [1.807, 2.05) is 0 Å². The molecule has 2 aromatic rings. The first-order chi connectivity index (χ1) is 18.0. The molecular formula is C30H36N2O6. The third-order valence-corrected chi connectivity index (χ3v) is 6.12. The standard InChI is InChI=1S/C30H36N2O6/c1-19(33)23-13-24(20(2)34)16-27(15-23)31-29(37)11-9-7-5-6-8-10-12-30(38)32-28-17-25(21(3)35)14-26(18-28)22(4)36/h13-18H,5-12H2,1-4H3,(H,31,37)(H,32,38). The van der Waals surface area contributed by atoms with Crippen LogP contribution in [0.25, 0.3) is 0 Å². The number of Topliss-reactive ketones (excluding diaryl/α,β-unsaturated/α-hetero) is 4. The highest BCUT2D eigenvalue weighted by molar-refractivity contribution is 6.03. The molecule has 0 aliphatic rings. The Morgan fingerprint density at radius 2 is 0.711 bits per heavy atom. The third kappa shape index (κ3) is 10.2. The van der Waals surface area contributed by atoms with Crippen LogP contribution < -0.4 is 10.6 Å². The first-order valence-corrected chi connectivity index (χ1v) is 12.9. The molecule has 0 heterocycles. The van der Waals surface area contributed by atoms with E-state index in [2.05, 4.69) is 10.6 Å². The molecule has 2 amide bonds. The number of hydrogen-bond donors (Lipinski definition) is 2. The van der Waals surface area contributed by atoms with Gasteiger partial charge in [-0.15, -0.1) is 0 Å². The van der Waals surface area contributed by atoms with E-state index < -0.39 is 0 Å². The molecule has 0 aliphatic heterocycles. The van der Waals surface area contributed by atoms with E-state index in [1.165, 1.54) is 39.8 Å². The number of unbranched alkanes of at least 4 members (excludes halogenated alkanes) is 5. The van der Waals surface area contributed by atoms with E-state index in [9.17, 15) is 28.8 Å². The Morgan fingerprint density at radius 1 is 0.447 bits per heavy atom. The van der Waals surface area contributed by atoms with Crippen molar-refractivity contribution in [3.8, 4) is 0 Å². The zero-order valence-corrected chi connectivity index (χ0v) is 22.6. The SMILES string of the molecule is CC(=O)c1cc(NC(=O)CCCCCCCCC(=O)Nc2cc(C(C)=O)cc(C(C)=O)c2)cc(C(C)=O)c1. The van der Waals surface area contributed by atoms with Gasteiger partial charge >= 0.3 is 0 Å². The Balaban J connectivity index is 1.66. The van der Waals surface area contributed by atoms with E-state index in [4.69, 9.17) is 0 Å². The van der Waals surface area contributed by atoms with Crippen LogP contribution in [0.15, 0.2) is 36.4 Å². The van der Waals surface area contributed by atoms with E-state index in [-0.39, 0.29) is 34.9 Å². The molecule has 8 nitrogen and oxygen atoms in total. The van der Waals surface area contributed by atoms with Gasteiger partial charge in [0.2, 0.25) is 11.8 Å². The molecule has 8 heteroatoms. The molecule has 0 saturated heterocycles. The summed E-state index contributed by atoms with van der Waals surface area (Å²) in [5.74, 6) is -1.04. The van der Waals surface area contributed by atoms with Gasteiger partial charge in [-0.3, -0.25) is 28.8 Å². The summed E-state index contributed by atoms with van der Waals surface area (Å²) in [6, 6.07) is 9.35. The molecule has 0 spiro atoms. The summed E-state index contributed by atoms with van der Waals surface area (Å²) >= 11 is 0. The average Bonchev–Trinajstić information content (AvgIpc) is 2.84. The number of ketones is 4. The van der Waals surface area contributed by atoms with Crippen molar-refractivity contribution in [1.82, 2.24) is 0 Å². The number of benzene rings is 2. The topological polar surface area (TPSA) is 126 Å². The molecule has 0 unspecified atom stereocenters. The summed E-state index contributed by atoms with van der Waals surface area (Å²) in [6.45, 7) is 5.65. The van der Waals surface area contributed by atoms with Crippen molar-refractivity contribution in [1.29, 1.82) is 0 Å². The van der Waals surface area contributed by atoms with Crippen molar-refractivity contribution < 1.29 is 28.8 Å². The van der Waals surface area contributed by atoms with Crippen molar-refractivity contribution in [2.45, 2.75) is 79.1 Å². The van der Waals surface area contributed by atoms with Crippen LogP contribution in [0.5, 0.6) is 0 Å². The third-order valence-electron chi connectivity index (χ3n) is 6.12. The maximum absolute atomic E-state index is 12.3. The first kappa shape index (κ1) is 30.3. The minimum Gasteiger partial charge on any atom is -0.326 e. The summed E-state index contributed by atoms with van der Waals surface area (Å²) in [4.78, 5) is 71.4. The van der Waals surface area contributed by atoms with E-state index in [0.717, 1.165) is 25.7 Å². The molecule has 38 heavy (non-hydrogen) atoms. The minimum absolute atomic E-state index is 0.168. The summed E-state index contributed by atoms with van der Waals surface area (Å²) in [6.07, 6.45) is 5.71. The number of carbonyl (C=O) groups is 6. The van der Waals surface area contributed by atoms with Crippen LogP contribution in [0.1, 0.15) is 120 Å². The molecule has 2 N–H and O–H groups in total. The Morgan fingerprint density at radius 3 is 0.974 bits per heavy atom. The lowest BCUT2D eigenvalue weighted by atomic mass is 10.0. The highest BCUT2D eigenvalue weighted by Gasteiger charge is 2.11. The molecule has 0 saturated carbocycles. The average molecular weight is 521 g/mol. The Hall–Kier alpha value is -3.94. The summed E-state index contributed by atoms with van der Waals surface area (Å²) < 4.78 is 0. The first-order valence-electron chi connectivity index (χ1n) is 12.9. The Bertz CT molecular complexity index is 1070. The minimum atomic E-state index is -0.176. The van der Waals surface area contributed by atoms with Crippen LogP contribution in [0, 0.1) is 0 Å². The van der Waals surface area contributed by atoms with Gasteiger partial charge < -0.3 is 10.6 Å². The van der Waals surface area contributed by atoms with Gasteiger partial charge in [-0.05, 0) is 76.9 Å². The second-order valence-electron chi connectivity index (χ2n) is 9.54. The second-order valence-corrected chi connectivity index (χ2v) is 9.54. The molecular weight excluding hydrogens is 484 g/mol. The molecule has 2 aromatic carbocycles. The van der Waals surface area contributed by atoms with Crippen molar-refractivity contribution in [2.24, 2.45) is 0 Å². The molecule has 0 aromatic heterocycles. The van der Waals surface area contributed by atoms with Gasteiger partial charge in [-0.25, -0.2) is 0 Å². The highest BCUT2D eigenvalue weighted by atomic mass is 16.2. The normalized spacial score (nSPS) is 10.5. The fourth-order valence-corrected chi connectivity index (χ4v) is 3.94. The summed E-state index contributed by atoms with van der Waals surface area (Å²) in [5.41, 5.74) is 2.41. The van der Waals surface area contributed by atoms with Crippen LogP contribution in [-0.4, -0.2) is 34.9 Å². The quantitative estimate of drug-likeness (QED) is 0.213. The van der Waals surface area contributed by atoms with Gasteiger partial charge in [-0.2, -0.15) is 0 Å². The number of amides is 2. The van der Waals surface area contributed by atoms with Gasteiger partial charge in [0.15, 0.2) is 23.1 Å². The molecule has 0 fully saturated rings. The van der Waals surface area contributed by atoms with Crippen LogP contribution in [0.2, 0.25) is 0 Å². The lowest BCUT2D eigenvalue weighted by Crippen LogP contribution is -2.12. The van der Waals surface area contributed by atoms with Gasteiger partial charge in [0.1, 0.15) is 0 Å². The fraction of sp³-hybridized carbons (Fsp3) is 0.400. The number of nitrogens with one attached hydrogen (secondary N) is 2. The molecule has 202 valence electrons. The van der Waals surface area contributed by atoms with Gasteiger partial charge in [0.05, 0.1) is 0 Å². The van der Waals surface area contributed by atoms with E-state index >= 15 is 0 Å². The lowest BCUT2D eigenvalue weighted by molar-refractivity contribution is -0.117.